The summed E-state index contributed by atoms with van der Waals surface area (Å²) in [5.41, 5.74) is 6.11. The Morgan fingerprint density at radius 3 is 3.15 bits per heavy atom. The van der Waals surface area contributed by atoms with E-state index in [1.807, 2.05) is 0 Å². The quantitative estimate of drug-likeness (QED) is 0.626. The van der Waals surface area contributed by atoms with E-state index in [0.29, 0.717) is 23.7 Å². The smallest absolute Gasteiger partial charge is 0.212 e. The summed E-state index contributed by atoms with van der Waals surface area (Å²) in [6, 6.07) is 3.37. The van der Waals surface area contributed by atoms with Gasteiger partial charge in [-0.2, -0.15) is 4.52 Å². The van der Waals surface area contributed by atoms with Gasteiger partial charge in [0.1, 0.15) is 5.82 Å². The third kappa shape index (κ3) is 1.18. The lowest BCUT2D eigenvalue weighted by atomic mass is 10.5. The molecule has 0 spiro atoms. The molecule has 0 aliphatic rings. The van der Waals surface area contributed by atoms with Crippen LogP contribution in [0.25, 0.3) is 5.65 Å². The highest BCUT2D eigenvalue weighted by atomic mass is 16.1. The van der Waals surface area contributed by atoms with Crippen molar-refractivity contribution in [3.63, 3.8) is 0 Å². The van der Waals surface area contributed by atoms with Gasteiger partial charge in [0.15, 0.2) is 11.5 Å². The molecule has 0 saturated heterocycles. The van der Waals surface area contributed by atoms with Crippen molar-refractivity contribution < 1.29 is 4.79 Å². The summed E-state index contributed by atoms with van der Waals surface area (Å²) < 4.78 is 1.46. The molecule has 13 heavy (non-hydrogen) atoms. The zero-order valence-corrected chi connectivity index (χ0v) is 6.64. The number of aromatic nitrogens is 3. The molecule has 2 rings (SSSR count). The molecular weight excluding hydrogens is 170 g/mol. The number of nitrogens with zero attached hydrogens (tertiary/aromatic N) is 3. The summed E-state index contributed by atoms with van der Waals surface area (Å²) in [6.45, 7) is 0. The van der Waals surface area contributed by atoms with Gasteiger partial charge in [-0.05, 0) is 12.1 Å². The van der Waals surface area contributed by atoms with Gasteiger partial charge in [0.2, 0.25) is 6.41 Å². The average Bonchev–Trinajstić information content (AvgIpc) is 2.49. The normalized spacial score (nSPS) is 10.2. The van der Waals surface area contributed by atoms with Gasteiger partial charge in [-0.1, -0.05) is 0 Å². The van der Waals surface area contributed by atoms with Crippen LogP contribution in [0.3, 0.4) is 0 Å². The highest BCUT2D eigenvalue weighted by Gasteiger charge is 2.02. The van der Waals surface area contributed by atoms with E-state index < -0.39 is 0 Å². The van der Waals surface area contributed by atoms with Gasteiger partial charge in [0, 0.05) is 0 Å². The highest BCUT2D eigenvalue weighted by Crippen LogP contribution is 2.09. The molecule has 0 aliphatic heterocycles. The zero-order chi connectivity index (χ0) is 9.26. The van der Waals surface area contributed by atoms with Crippen LogP contribution in [0.2, 0.25) is 0 Å². The van der Waals surface area contributed by atoms with Crippen molar-refractivity contribution in [2.75, 3.05) is 11.1 Å². The Kier molecular flexibility index (Phi) is 1.59. The van der Waals surface area contributed by atoms with Gasteiger partial charge in [0.25, 0.3) is 0 Å². The van der Waals surface area contributed by atoms with Crippen molar-refractivity contribution in [2.45, 2.75) is 0 Å². The Morgan fingerprint density at radius 1 is 1.54 bits per heavy atom. The first-order chi connectivity index (χ1) is 6.31. The molecule has 0 saturated carbocycles. The van der Waals surface area contributed by atoms with E-state index in [2.05, 4.69) is 15.4 Å². The monoisotopic (exact) mass is 177 g/mol. The number of rotatable bonds is 2. The van der Waals surface area contributed by atoms with E-state index in [0.717, 1.165) is 0 Å². The van der Waals surface area contributed by atoms with Crippen molar-refractivity contribution >= 4 is 23.7 Å². The number of fused-ring (bicyclic) bond motifs is 1. The molecule has 3 N–H and O–H groups in total. The number of nitrogen functional groups attached to an aromatic ring is 1. The molecule has 2 aromatic heterocycles. The second kappa shape index (κ2) is 2.74. The summed E-state index contributed by atoms with van der Waals surface area (Å²) in [5, 5.41) is 6.42. The number of anilines is 2. The highest BCUT2D eigenvalue weighted by molar-refractivity contribution is 5.70. The van der Waals surface area contributed by atoms with E-state index in [1.165, 1.54) is 10.7 Å². The summed E-state index contributed by atoms with van der Waals surface area (Å²) in [4.78, 5) is 14.2. The fourth-order valence-electron chi connectivity index (χ4n) is 1.05. The molecule has 0 unspecified atom stereocenters. The fraction of sp³-hybridized carbons (Fsp3) is 0. The summed E-state index contributed by atoms with van der Waals surface area (Å²) in [6.07, 6.45) is 2.07. The number of imidazole rings is 1. The summed E-state index contributed by atoms with van der Waals surface area (Å²) in [5.74, 6) is 0.872. The number of amides is 1. The summed E-state index contributed by atoms with van der Waals surface area (Å²) in [7, 11) is 0. The van der Waals surface area contributed by atoms with E-state index in [-0.39, 0.29) is 0 Å². The Bertz CT molecular complexity index is 449. The van der Waals surface area contributed by atoms with Crippen LogP contribution in [-0.4, -0.2) is 21.0 Å². The van der Waals surface area contributed by atoms with Gasteiger partial charge in [0.05, 0.1) is 6.20 Å². The van der Waals surface area contributed by atoms with E-state index in [9.17, 15) is 4.79 Å². The first kappa shape index (κ1) is 7.53. The lowest BCUT2D eigenvalue weighted by molar-refractivity contribution is -0.105. The second-order valence-electron chi connectivity index (χ2n) is 2.43. The molecule has 0 fully saturated rings. The lowest BCUT2D eigenvalue weighted by Gasteiger charge is -1.98. The maximum Gasteiger partial charge on any atom is 0.212 e. The van der Waals surface area contributed by atoms with Crippen molar-refractivity contribution in [3.8, 4) is 0 Å². The minimum atomic E-state index is 0.374. The van der Waals surface area contributed by atoms with E-state index >= 15 is 0 Å². The maximum absolute atomic E-state index is 10.2. The van der Waals surface area contributed by atoms with Crippen LogP contribution in [-0.2, 0) is 4.79 Å². The lowest BCUT2D eigenvalue weighted by Crippen LogP contribution is -2.02. The first-order valence-electron chi connectivity index (χ1n) is 3.62. The van der Waals surface area contributed by atoms with E-state index in [4.69, 9.17) is 5.73 Å². The van der Waals surface area contributed by atoms with Gasteiger partial charge in [-0.15, -0.1) is 5.10 Å². The third-order valence-corrected chi connectivity index (χ3v) is 1.59. The predicted molar refractivity (Wildman–Crippen MR) is 47.1 cm³/mol. The van der Waals surface area contributed by atoms with Crippen LogP contribution in [0.15, 0.2) is 18.3 Å². The number of hydrogen-bond donors (Lipinski definition) is 2. The van der Waals surface area contributed by atoms with Crippen molar-refractivity contribution in [1.29, 1.82) is 0 Å². The Balaban J connectivity index is 2.64. The van der Waals surface area contributed by atoms with Crippen molar-refractivity contribution in [2.24, 2.45) is 0 Å². The summed E-state index contributed by atoms with van der Waals surface area (Å²) >= 11 is 0. The van der Waals surface area contributed by atoms with Crippen LogP contribution < -0.4 is 11.1 Å². The molecule has 1 amide bonds. The number of carbonyl (C=O) groups excluding carboxylic acids is 1. The topological polar surface area (TPSA) is 85.3 Å². The van der Waals surface area contributed by atoms with Crippen molar-refractivity contribution in [3.05, 3.63) is 18.3 Å². The average molecular weight is 177 g/mol. The third-order valence-electron chi connectivity index (χ3n) is 1.59. The van der Waals surface area contributed by atoms with Crippen LogP contribution in [0.5, 0.6) is 0 Å². The second-order valence-corrected chi connectivity index (χ2v) is 2.43. The fourth-order valence-corrected chi connectivity index (χ4v) is 1.05. The SMILES string of the molecule is Nc1ccc2ncc(NC=O)n2n1. The van der Waals surface area contributed by atoms with Gasteiger partial charge < -0.3 is 11.1 Å². The van der Waals surface area contributed by atoms with Gasteiger partial charge >= 0.3 is 0 Å². The largest absolute Gasteiger partial charge is 0.382 e. The molecule has 2 aromatic rings. The molecule has 6 nitrogen and oxygen atoms in total. The number of carbonyl (C=O) groups is 1. The molecule has 0 radical (unpaired) electrons. The predicted octanol–water partition coefficient (Wildman–Crippen LogP) is -0.120. The molecule has 6 heteroatoms. The molecule has 0 bridgehead atoms. The maximum atomic E-state index is 10.2. The molecule has 0 aromatic carbocycles. The molecule has 2 heterocycles. The number of hydrogen-bond acceptors (Lipinski definition) is 4. The Labute approximate surface area is 73.4 Å². The Hall–Kier alpha value is -2.11. The van der Waals surface area contributed by atoms with Crippen molar-refractivity contribution in [1.82, 2.24) is 14.6 Å². The van der Waals surface area contributed by atoms with Gasteiger partial charge in [-0.3, -0.25) is 4.79 Å². The zero-order valence-electron chi connectivity index (χ0n) is 6.64. The standard InChI is InChI=1S/C7H7N5O/c8-5-1-2-6-9-3-7(10-4-13)12(6)11-5/h1-4H,(H2,8,11)(H,10,13). The molecule has 0 aliphatic carbocycles. The first-order valence-corrected chi connectivity index (χ1v) is 3.62. The number of nitrogens with two attached hydrogens (primary N) is 1. The van der Waals surface area contributed by atoms with Gasteiger partial charge in [-0.25, -0.2) is 4.98 Å². The molecule has 66 valence electrons. The molecule has 0 atom stereocenters. The number of nitrogens with one attached hydrogen (secondary N) is 1. The van der Waals surface area contributed by atoms with Crippen LogP contribution in [0.4, 0.5) is 11.6 Å². The van der Waals surface area contributed by atoms with E-state index in [1.54, 1.807) is 12.1 Å². The van der Waals surface area contributed by atoms with Crippen LogP contribution in [0.1, 0.15) is 0 Å². The van der Waals surface area contributed by atoms with Crippen LogP contribution >= 0.6 is 0 Å². The minimum Gasteiger partial charge on any atom is -0.382 e. The minimum absolute atomic E-state index is 0.374. The Morgan fingerprint density at radius 2 is 2.38 bits per heavy atom. The van der Waals surface area contributed by atoms with Crippen LogP contribution in [0, 0.1) is 0 Å². The molecular formula is C7H7N5O.